The summed E-state index contributed by atoms with van der Waals surface area (Å²) >= 11 is 0. The molecule has 4 heteroatoms. The fourth-order valence-electron chi connectivity index (χ4n) is 2.13. The second kappa shape index (κ2) is 5.92. The molecule has 106 valence electrons. The second-order valence-corrected chi connectivity index (χ2v) is 4.51. The molecule has 2 aromatic carbocycles. The number of hydrogen-bond acceptors (Lipinski definition) is 3. The van der Waals surface area contributed by atoms with Crippen molar-refractivity contribution in [3.63, 3.8) is 0 Å². The van der Waals surface area contributed by atoms with Crippen molar-refractivity contribution in [2.24, 2.45) is 0 Å². The fourth-order valence-corrected chi connectivity index (χ4v) is 2.13. The van der Waals surface area contributed by atoms with Gasteiger partial charge in [-0.3, -0.25) is 0 Å². The lowest BCUT2D eigenvalue weighted by atomic mass is 9.98. The van der Waals surface area contributed by atoms with Gasteiger partial charge in [-0.05, 0) is 25.1 Å². The lowest BCUT2D eigenvalue weighted by Gasteiger charge is -2.17. The molecule has 0 bridgehead atoms. The first-order valence-corrected chi connectivity index (χ1v) is 6.23. The average Bonchev–Trinajstić information content (AvgIpc) is 2.46. The third-order valence-corrected chi connectivity index (χ3v) is 3.19. The van der Waals surface area contributed by atoms with Gasteiger partial charge in [-0.2, -0.15) is 0 Å². The molecule has 2 aromatic rings. The first-order valence-electron chi connectivity index (χ1n) is 6.23. The number of hydrogen-bond donors (Lipinski definition) is 1. The number of aliphatic hydroxyl groups excluding tert-OH is 1. The van der Waals surface area contributed by atoms with E-state index < -0.39 is 11.9 Å². The summed E-state index contributed by atoms with van der Waals surface area (Å²) < 4.78 is 24.4. The van der Waals surface area contributed by atoms with E-state index >= 15 is 0 Å². The molecule has 0 aromatic heterocycles. The van der Waals surface area contributed by atoms with E-state index in [0.29, 0.717) is 11.3 Å². The zero-order chi connectivity index (χ0) is 14.7. The zero-order valence-corrected chi connectivity index (χ0v) is 11.7. The first-order chi connectivity index (χ1) is 9.58. The minimum absolute atomic E-state index is 0.105. The second-order valence-electron chi connectivity index (χ2n) is 4.51. The maximum Gasteiger partial charge on any atom is 0.171 e. The van der Waals surface area contributed by atoms with E-state index in [1.165, 1.54) is 26.4 Å². The molecule has 1 atom stereocenters. The SMILES string of the molecule is COc1ccc(C)cc1C(O)c1cccc(OC)c1F. The average molecular weight is 276 g/mol. The Bertz CT molecular complexity index is 611. The molecule has 1 unspecified atom stereocenters. The van der Waals surface area contributed by atoms with E-state index in [2.05, 4.69) is 0 Å². The number of ether oxygens (including phenoxy) is 2. The maximum absolute atomic E-state index is 14.2. The molecule has 0 radical (unpaired) electrons. The molecule has 20 heavy (non-hydrogen) atoms. The van der Waals surface area contributed by atoms with Crippen LogP contribution in [0.2, 0.25) is 0 Å². The van der Waals surface area contributed by atoms with Gasteiger partial charge < -0.3 is 14.6 Å². The normalized spacial score (nSPS) is 12.1. The number of methoxy groups -OCH3 is 2. The standard InChI is InChI=1S/C16H17FO3/c1-10-7-8-13(19-2)12(9-10)16(18)11-5-4-6-14(20-3)15(11)17/h4-9,16,18H,1-3H3. The Morgan fingerprint density at radius 3 is 2.35 bits per heavy atom. The molecule has 0 amide bonds. The van der Waals surface area contributed by atoms with Crippen LogP contribution in [0.15, 0.2) is 36.4 Å². The van der Waals surface area contributed by atoms with Gasteiger partial charge in [0.25, 0.3) is 0 Å². The van der Waals surface area contributed by atoms with Crippen molar-refractivity contribution in [1.29, 1.82) is 0 Å². The van der Waals surface area contributed by atoms with Crippen LogP contribution in [0.5, 0.6) is 11.5 Å². The van der Waals surface area contributed by atoms with E-state index in [-0.39, 0.29) is 11.3 Å². The molecule has 0 aliphatic carbocycles. The van der Waals surface area contributed by atoms with Gasteiger partial charge in [0.15, 0.2) is 11.6 Å². The quantitative estimate of drug-likeness (QED) is 0.931. The van der Waals surface area contributed by atoms with Crippen LogP contribution >= 0.6 is 0 Å². The van der Waals surface area contributed by atoms with Crippen molar-refractivity contribution < 1.29 is 19.0 Å². The summed E-state index contributed by atoms with van der Waals surface area (Å²) in [6, 6.07) is 10.1. The number of rotatable bonds is 4. The Morgan fingerprint density at radius 1 is 1.00 bits per heavy atom. The van der Waals surface area contributed by atoms with Gasteiger partial charge in [0.1, 0.15) is 11.9 Å². The molecule has 0 aliphatic rings. The molecule has 2 rings (SSSR count). The maximum atomic E-state index is 14.2. The Hall–Kier alpha value is -2.07. The summed E-state index contributed by atoms with van der Waals surface area (Å²) in [5, 5.41) is 10.5. The topological polar surface area (TPSA) is 38.7 Å². The van der Waals surface area contributed by atoms with Crippen LogP contribution in [0.25, 0.3) is 0 Å². The van der Waals surface area contributed by atoms with Crippen LogP contribution in [0.4, 0.5) is 4.39 Å². The molecule has 0 saturated heterocycles. The van der Waals surface area contributed by atoms with Gasteiger partial charge in [-0.25, -0.2) is 4.39 Å². The number of benzene rings is 2. The predicted octanol–water partition coefficient (Wildman–Crippen LogP) is 3.23. The van der Waals surface area contributed by atoms with Crippen LogP contribution in [0.3, 0.4) is 0 Å². The van der Waals surface area contributed by atoms with Crippen LogP contribution in [0, 0.1) is 12.7 Å². The first kappa shape index (κ1) is 14.3. The predicted molar refractivity (Wildman–Crippen MR) is 74.7 cm³/mol. The Balaban J connectivity index is 2.51. The smallest absolute Gasteiger partial charge is 0.171 e. The van der Waals surface area contributed by atoms with Crippen LogP contribution in [0.1, 0.15) is 22.8 Å². The highest BCUT2D eigenvalue weighted by molar-refractivity contribution is 5.44. The Labute approximate surface area is 117 Å². The van der Waals surface area contributed by atoms with Crippen LogP contribution in [-0.2, 0) is 0 Å². The molecule has 0 fully saturated rings. The van der Waals surface area contributed by atoms with Gasteiger partial charge >= 0.3 is 0 Å². The largest absolute Gasteiger partial charge is 0.496 e. The van der Waals surface area contributed by atoms with E-state index in [0.717, 1.165) is 5.56 Å². The van der Waals surface area contributed by atoms with Gasteiger partial charge in [-0.1, -0.05) is 23.8 Å². The minimum Gasteiger partial charge on any atom is -0.496 e. The summed E-state index contributed by atoms with van der Waals surface area (Å²) in [5.41, 5.74) is 1.65. The minimum atomic E-state index is -1.11. The summed E-state index contributed by atoms with van der Waals surface area (Å²) in [6.45, 7) is 1.90. The summed E-state index contributed by atoms with van der Waals surface area (Å²) in [6.07, 6.45) is -1.11. The van der Waals surface area contributed by atoms with Gasteiger partial charge in [0.2, 0.25) is 0 Å². The fraction of sp³-hybridized carbons (Fsp3) is 0.250. The van der Waals surface area contributed by atoms with Crippen LogP contribution in [-0.4, -0.2) is 19.3 Å². The third kappa shape index (κ3) is 2.60. The van der Waals surface area contributed by atoms with Gasteiger partial charge in [0, 0.05) is 11.1 Å². The van der Waals surface area contributed by atoms with E-state index in [9.17, 15) is 9.50 Å². The number of aliphatic hydroxyl groups is 1. The Morgan fingerprint density at radius 2 is 1.70 bits per heavy atom. The third-order valence-electron chi connectivity index (χ3n) is 3.19. The van der Waals surface area contributed by atoms with E-state index in [4.69, 9.17) is 9.47 Å². The van der Waals surface area contributed by atoms with Gasteiger partial charge in [-0.15, -0.1) is 0 Å². The molecule has 3 nitrogen and oxygen atoms in total. The van der Waals surface area contributed by atoms with Crippen LogP contribution < -0.4 is 9.47 Å². The molecule has 0 aliphatic heterocycles. The molecule has 0 spiro atoms. The van der Waals surface area contributed by atoms with E-state index in [1.807, 2.05) is 13.0 Å². The van der Waals surface area contributed by atoms with Gasteiger partial charge in [0.05, 0.1) is 14.2 Å². The van der Waals surface area contributed by atoms with Crippen molar-refractivity contribution in [1.82, 2.24) is 0 Å². The monoisotopic (exact) mass is 276 g/mol. The number of aryl methyl sites for hydroxylation is 1. The van der Waals surface area contributed by atoms with E-state index in [1.54, 1.807) is 18.2 Å². The highest BCUT2D eigenvalue weighted by Gasteiger charge is 2.21. The lowest BCUT2D eigenvalue weighted by molar-refractivity contribution is 0.208. The summed E-state index contributed by atoms with van der Waals surface area (Å²) in [7, 11) is 2.91. The molecular weight excluding hydrogens is 259 g/mol. The highest BCUT2D eigenvalue weighted by Crippen LogP contribution is 2.34. The van der Waals surface area contributed by atoms with Crippen molar-refractivity contribution in [2.45, 2.75) is 13.0 Å². The zero-order valence-electron chi connectivity index (χ0n) is 11.7. The summed E-state index contributed by atoms with van der Waals surface area (Å²) in [5.74, 6) is 0.0598. The lowest BCUT2D eigenvalue weighted by Crippen LogP contribution is -2.06. The van der Waals surface area contributed by atoms with Crippen molar-refractivity contribution in [3.8, 4) is 11.5 Å². The van der Waals surface area contributed by atoms with Crippen molar-refractivity contribution in [2.75, 3.05) is 14.2 Å². The Kier molecular flexibility index (Phi) is 4.25. The molecular formula is C16H17FO3. The number of halogens is 1. The molecule has 0 heterocycles. The molecule has 1 N–H and O–H groups in total. The molecule has 0 saturated carbocycles. The van der Waals surface area contributed by atoms with Crippen molar-refractivity contribution in [3.05, 3.63) is 58.9 Å². The van der Waals surface area contributed by atoms with Crippen molar-refractivity contribution >= 4 is 0 Å². The highest BCUT2D eigenvalue weighted by atomic mass is 19.1. The summed E-state index contributed by atoms with van der Waals surface area (Å²) in [4.78, 5) is 0.